The van der Waals surface area contributed by atoms with Crippen molar-refractivity contribution in [2.75, 3.05) is 5.32 Å². The summed E-state index contributed by atoms with van der Waals surface area (Å²) < 4.78 is 0. The lowest BCUT2D eigenvalue weighted by Crippen LogP contribution is -2.12. The molecular formula is C13H7Cl3N2O3. The highest BCUT2D eigenvalue weighted by atomic mass is 35.5. The van der Waals surface area contributed by atoms with Gasteiger partial charge in [-0.3, -0.25) is 14.9 Å². The average Bonchev–Trinajstić information content (AvgIpc) is 2.42. The van der Waals surface area contributed by atoms with Crippen molar-refractivity contribution in [1.29, 1.82) is 0 Å². The molecule has 0 saturated heterocycles. The van der Waals surface area contributed by atoms with Crippen molar-refractivity contribution in [3.05, 3.63) is 67.1 Å². The van der Waals surface area contributed by atoms with E-state index in [1.807, 2.05) is 0 Å². The number of halogens is 3. The van der Waals surface area contributed by atoms with Gasteiger partial charge < -0.3 is 5.32 Å². The van der Waals surface area contributed by atoms with Crippen LogP contribution in [0, 0.1) is 10.1 Å². The molecule has 5 nitrogen and oxygen atoms in total. The number of para-hydroxylation sites is 1. The summed E-state index contributed by atoms with van der Waals surface area (Å²) in [5.41, 5.74) is 0.144. The van der Waals surface area contributed by atoms with Gasteiger partial charge in [-0.05, 0) is 24.3 Å². The van der Waals surface area contributed by atoms with Crippen LogP contribution in [0.25, 0.3) is 0 Å². The predicted octanol–water partition coefficient (Wildman–Crippen LogP) is 4.81. The summed E-state index contributed by atoms with van der Waals surface area (Å²) >= 11 is 17.6. The fourth-order valence-corrected chi connectivity index (χ4v) is 2.34. The van der Waals surface area contributed by atoms with Crippen LogP contribution in [0.5, 0.6) is 0 Å². The number of nitro benzene ring substituents is 1. The Kier molecular flexibility index (Phi) is 4.67. The second-order valence-electron chi connectivity index (χ2n) is 3.97. The van der Waals surface area contributed by atoms with Crippen molar-refractivity contribution in [3.8, 4) is 0 Å². The zero-order valence-electron chi connectivity index (χ0n) is 10.3. The monoisotopic (exact) mass is 344 g/mol. The van der Waals surface area contributed by atoms with Crippen LogP contribution in [0.4, 0.5) is 11.4 Å². The van der Waals surface area contributed by atoms with E-state index in [9.17, 15) is 14.9 Å². The number of nitrogens with zero attached hydrogens (tertiary/aromatic N) is 1. The number of hydrogen-bond donors (Lipinski definition) is 1. The van der Waals surface area contributed by atoms with E-state index >= 15 is 0 Å². The number of anilines is 1. The van der Waals surface area contributed by atoms with Gasteiger partial charge in [0.05, 0.1) is 20.7 Å². The molecule has 0 radical (unpaired) electrons. The molecular weight excluding hydrogens is 339 g/mol. The molecule has 0 unspecified atom stereocenters. The van der Waals surface area contributed by atoms with E-state index in [-0.39, 0.29) is 32.0 Å². The van der Waals surface area contributed by atoms with Gasteiger partial charge in [-0.2, -0.15) is 0 Å². The summed E-state index contributed by atoms with van der Waals surface area (Å²) in [6.07, 6.45) is 0. The summed E-state index contributed by atoms with van der Waals surface area (Å²) in [6.45, 7) is 0. The van der Waals surface area contributed by atoms with E-state index < -0.39 is 10.8 Å². The Morgan fingerprint density at radius 1 is 1.05 bits per heavy atom. The maximum absolute atomic E-state index is 12.1. The van der Waals surface area contributed by atoms with Crippen LogP contribution in [0.1, 0.15) is 10.4 Å². The first-order chi connectivity index (χ1) is 9.90. The lowest BCUT2D eigenvalue weighted by Gasteiger charge is -2.09. The Bertz CT molecular complexity index is 714. The first kappa shape index (κ1) is 15.6. The maximum Gasteiger partial charge on any atom is 0.287 e. The van der Waals surface area contributed by atoms with Crippen molar-refractivity contribution in [2.24, 2.45) is 0 Å². The van der Waals surface area contributed by atoms with Gasteiger partial charge in [0.15, 0.2) is 0 Å². The Morgan fingerprint density at radius 2 is 1.67 bits per heavy atom. The first-order valence-corrected chi connectivity index (χ1v) is 6.73. The minimum absolute atomic E-state index is 0.127. The Labute approximate surface area is 134 Å². The molecule has 1 N–H and O–H groups in total. The van der Waals surface area contributed by atoms with Crippen LogP contribution >= 0.6 is 34.8 Å². The number of hydrogen-bond acceptors (Lipinski definition) is 3. The molecule has 108 valence electrons. The Balaban J connectivity index is 2.29. The molecule has 21 heavy (non-hydrogen) atoms. The molecule has 0 bridgehead atoms. The second kappa shape index (κ2) is 6.30. The molecule has 0 aliphatic rings. The number of benzene rings is 2. The molecule has 0 heterocycles. The Morgan fingerprint density at radius 3 is 2.19 bits per heavy atom. The normalized spacial score (nSPS) is 10.2. The molecule has 0 aliphatic heterocycles. The minimum atomic E-state index is -0.630. The summed E-state index contributed by atoms with van der Waals surface area (Å²) in [6, 6.07) is 8.45. The van der Waals surface area contributed by atoms with Crippen LogP contribution in [0.15, 0.2) is 36.4 Å². The van der Waals surface area contributed by atoms with Crippen molar-refractivity contribution in [1.82, 2.24) is 0 Å². The summed E-state index contributed by atoms with van der Waals surface area (Å²) in [4.78, 5) is 22.1. The Hall–Kier alpha value is -1.82. The van der Waals surface area contributed by atoms with Gasteiger partial charge in [0.2, 0.25) is 0 Å². The van der Waals surface area contributed by atoms with Gasteiger partial charge in [0.1, 0.15) is 5.02 Å². The van der Waals surface area contributed by atoms with E-state index in [2.05, 4.69) is 5.32 Å². The van der Waals surface area contributed by atoms with Crippen LogP contribution in [-0.2, 0) is 0 Å². The SMILES string of the molecule is O=C(Nc1c(Cl)cccc1Cl)c1ccc([N+](=O)[O-])c(Cl)c1. The third kappa shape index (κ3) is 3.44. The fraction of sp³-hybridized carbons (Fsp3) is 0. The molecule has 8 heteroatoms. The van der Waals surface area contributed by atoms with E-state index in [1.165, 1.54) is 12.1 Å². The molecule has 1 amide bonds. The van der Waals surface area contributed by atoms with Gasteiger partial charge in [-0.1, -0.05) is 40.9 Å². The molecule has 2 aromatic rings. The number of rotatable bonds is 3. The molecule has 0 fully saturated rings. The molecule has 0 saturated carbocycles. The van der Waals surface area contributed by atoms with E-state index in [0.717, 1.165) is 6.07 Å². The minimum Gasteiger partial charge on any atom is -0.319 e. The highest BCUT2D eigenvalue weighted by molar-refractivity contribution is 6.40. The largest absolute Gasteiger partial charge is 0.319 e. The third-order valence-corrected chi connectivity index (χ3v) is 3.54. The highest BCUT2D eigenvalue weighted by Gasteiger charge is 2.16. The van der Waals surface area contributed by atoms with Crippen molar-refractivity contribution in [2.45, 2.75) is 0 Å². The number of amides is 1. The van der Waals surface area contributed by atoms with E-state index in [1.54, 1.807) is 18.2 Å². The predicted molar refractivity (Wildman–Crippen MR) is 82.5 cm³/mol. The fourth-order valence-electron chi connectivity index (χ4n) is 1.60. The number of carbonyl (C=O) groups is 1. The maximum atomic E-state index is 12.1. The zero-order valence-corrected chi connectivity index (χ0v) is 12.5. The summed E-state index contributed by atoms with van der Waals surface area (Å²) in [5, 5.41) is 13.6. The molecule has 2 rings (SSSR count). The second-order valence-corrected chi connectivity index (χ2v) is 5.20. The van der Waals surface area contributed by atoms with Gasteiger partial charge >= 0.3 is 0 Å². The molecule has 0 aromatic heterocycles. The van der Waals surface area contributed by atoms with Crippen LogP contribution in [-0.4, -0.2) is 10.8 Å². The number of carbonyl (C=O) groups excluding carboxylic acids is 1. The van der Waals surface area contributed by atoms with Crippen LogP contribution in [0.3, 0.4) is 0 Å². The number of nitrogens with one attached hydrogen (secondary N) is 1. The van der Waals surface area contributed by atoms with Crippen molar-refractivity contribution >= 4 is 52.1 Å². The lowest BCUT2D eigenvalue weighted by molar-refractivity contribution is -0.384. The molecule has 2 aromatic carbocycles. The quantitative estimate of drug-likeness (QED) is 0.641. The highest BCUT2D eigenvalue weighted by Crippen LogP contribution is 2.31. The van der Waals surface area contributed by atoms with Gasteiger partial charge in [0, 0.05) is 11.6 Å². The molecule has 0 atom stereocenters. The smallest absolute Gasteiger partial charge is 0.287 e. The van der Waals surface area contributed by atoms with Gasteiger partial charge in [0.25, 0.3) is 11.6 Å². The van der Waals surface area contributed by atoms with Gasteiger partial charge in [-0.15, -0.1) is 0 Å². The van der Waals surface area contributed by atoms with Crippen LogP contribution < -0.4 is 5.32 Å². The molecule has 0 aliphatic carbocycles. The number of nitro groups is 1. The summed E-state index contributed by atoms with van der Waals surface area (Å²) in [7, 11) is 0. The van der Waals surface area contributed by atoms with Gasteiger partial charge in [-0.25, -0.2) is 0 Å². The van der Waals surface area contributed by atoms with Crippen molar-refractivity contribution in [3.63, 3.8) is 0 Å². The lowest BCUT2D eigenvalue weighted by atomic mass is 10.2. The van der Waals surface area contributed by atoms with Crippen molar-refractivity contribution < 1.29 is 9.72 Å². The third-order valence-electron chi connectivity index (χ3n) is 2.61. The average molecular weight is 346 g/mol. The van der Waals surface area contributed by atoms with E-state index in [4.69, 9.17) is 34.8 Å². The summed E-state index contributed by atoms with van der Waals surface area (Å²) in [5.74, 6) is -0.526. The first-order valence-electron chi connectivity index (χ1n) is 5.59. The van der Waals surface area contributed by atoms with E-state index in [0.29, 0.717) is 0 Å². The zero-order chi connectivity index (χ0) is 15.6. The topological polar surface area (TPSA) is 72.2 Å². The van der Waals surface area contributed by atoms with Crippen LogP contribution in [0.2, 0.25) is 15.1 Å². The molecule has 0 spiro atoms. The standard InChI is InChI=1S/C13H7Cl3N2O3/c14-8-2-1-3-9(15)12(8)17-13(19)7-4-5-11(18(20)21)10(16)6-7/h1-6H,(H,17,19).